The van der Waals surface area contributed by atoms with Gasteiger partial charge in [0.05, 0.1) is 34.0 Å². The highest BCUT2D eigenvalue weighted by molar-refractivity contribution is 7.91. The van der Waals surface area contributed by atoms with Gasteiger partial charge >= 0.3 is 0 Å². The lowest BCUT2D eigenvalue weighted by atomic mass is 9.92. The normalized spacial score (nSPS) is 16.6. The van der Waals surface area contributed by atoms with Gasteiger partial charge in [-0.25, -0.2) is 0 Å². The molecular formula is C34H25N9O13S2. The van der Waals surface area contributed by atoms with Crippen LogP contribution in [0.1, 0.15) is 15.9 Å². The zero-order chi connectivity index (χ0) is 42.1. The number of benzene rings is 3. The molecule has 0 radical (unpaired) electrons. The van der Waals surface area contributed by atoms with E-state index >= 15 is 0 Å². The Morgan fingerprint density at radius 2 is 0.966 bits per heavy atom. The quantitative estimate of drug-likeness (QED) is 0.0447. The van der Waals surface area contributed by atoms with Crippen LogP contribution in [0.25, 0.3) is 6.08 Å². The van der Waals surface area contributed by atoms with Crippen molar-refractivity contribution in [3.63, 3.8) is 0 Å². The predicted molar refractivity (Wildman–Crippen MR) is 208 cm³/mol. The number of aliphatic hydroxyl groups excluding tert-OH is 4. The molecule has 0 aliphatic heterocycles. The molecule has 0 bridgehead atoms. The molecule has 22 nitrogen and oxygen atoms in total. The van der Waals surface area contributed by atoms with Gasteiger partial charge in [-0.15, -0.1) is 5.11 Å². The molecule has 58 heavy (non-hydrogen) atoms. The zero-order valence-corrected chi connectivity index (χ0v) is 30.4. The Hall–Kier alpha value is -7.80. The second kappa shape index (κ2) is 15.4. The summed E-state index contributed by atoms with van der Waals surface area (Å²) >= 11 is 0. The summed E-state index contributed by atoms with van der Waals surface area (Å²) in [5.41, 5.74) is 10.8. The van der Waals surface area contributed by atoms with Crippen LogP contribution >= 0.6 is 0 Å². The second-order valence-corrected chi connectivity index (χ2v) is 14.6. The third-order valence-electron chi connectivity index (χ3n) is 7.85. The maximum Gasteiger partial charge on any atom is 0.296 e. The highest BCUT2D eigenvalue weighted by Crippen LogP contribution is 2.41. The summed E-state index contributed by atoms with van der Waals surface area (Å²) in [6, 6.07) is 11.8. The summed E-state index contributed by atoms with van der Waals surface area (Å²) in [6.07, 6.45) is 4.10. The highest BCUT2D eigenvalue weighted by atomic mass is 32.2. The van der Waals surface area contributed by atoms with E-state index in [-0.39, 0.29) is 28.5 Å². The first-order chi connectivity index (χ1) is 27.3. The van der Waals surface area contributed by atoms with E-state index in [0.29, 0.717) is 17.8 Å². The summed E-state index contributed by atoms with van der Waals surface area (Å²) in [5, 5.41) is 58.9. The average Bonchev–Trinajstić information content (AvgIpc) is 3.13. The van der Waals surface area contributed by atoms with Gasteiger partial charge in [-0.2, -0.15) is 37.3 Å². The van der Waals surface area contributed by atoms with Crippen molar-refractivity contribution in [3.05, 3.63) is 118 Å². The number of carbonyl (C=O) groups excluding carboxylic acids is 3. The Labute approximate surface area is 325 Å². The van der Waals surface area contributed by atoms with Crippen molar-refractivity contribution in [2.24, 2.45) is 25.5 Å². The first-order valence-electron chi connectivity index (χ1n) is 15.8. The molecule has 3 aliphatic rings. The van der Waals surface area contributed by atoms with Gasteiger partial charge in [0.15, 0.2) is 51.7 Å². The van der Waals surface area contributed by atoms with E-state index in [4.69, 9.17) is 5.73 Å². The fourth-order valence-corrected chi connectivity index (χ4v) is 6.51. The maximum atomic E-state index is 13.8. The lowest BCUT2D eigenvalue weighted by Gasteiger charge is -2.20. The summed E-state index contributed by atoms with van der Waals surface area (Å²) in [4.78, 5) is 34.6. The Morgan fingerprint density at radius 3 is 1.38 bits per heavy atom. The van der Waals surface area contributed by atoms with Gasteiger partial charge in [0.2, 0.25) is 5.78 Å². The number of rotatable bonds is 10. The van der Waals surface area contributed by atoms with Crippen LogP contribution in [0.3, 0.4) is 0 Å². The van der Waals surface area contributed by atoms with Crippen molar-refractivity contribution in [3.8, 4) is 0 Å². The molecule has 3 aliphatic carbocycles. The first-order valence-corrected chi connectivity index (χ1v) is 18.7. The number of fused-ring (bicyclic) bond motifs is 1. The van der Waals surface area contributed by atoms with Crippen molar-refractivity contribution < 1.29 is 60.8 Å². The third-order valence-corrected chi connectivity index (χ3v) is 9.58. The molecule has 0 unspecified atom stereocenters. The van der Waals surface area contributed by atoms with Crippen molar-refractivity contribution in [2.75, 3.05) is 22.0 Å². The molecule has 3 aromatic carbocycles. The van der Waals surface area contributed by atoms with Crippen LogP contribution in [-0.4, -0.2) is 80.9 Å². The second-order valence-electron chi connectivity index (χ2n) is 11.9. The van der Waals surface area contributed by atoms with Crippen LogP contribution in [0.5, 0.6) is 0 Å². The van der Waals surface area contributed by atoms with Gasteiger partial charge in [0.25, 0.3) is 20.2 Å². The maximum absolute atomic E-state index is 13.8. The number of ketones is 3. The van der Waals surface area contributed by atoms with E-state index < -0.39 is 98.6 Å². The monoisotopic (exact) mass is 831 g/mol. The smallest absolute Gasteiger partial charge is 0.296 e. The van der Waals surface area contributed by atoms with Gasteiger partial charge in [-0.3, -0.25) is 39.8 Å². The van der Waals surface area contributed by atoms with Gasteiger partial charge in [0.1, 0.15) is 15.5 Å². The number of azo groups is 1. The van der Waals surface area contributed by atoms with Crippen LogP contribution in [0.15, 0.2) is 137 Å². The number of Topliss-reactive ketones (excluding diaryl/α,β-unsaturated/α-hetero) is 1. The molecule has 3 aromatic rings. The van der Waals surface area contributed by atoms with E-state index in [1.165, 1.54) is 48.5 Å². The Kier molecular flexibility index (Phi) is 10.6. The van der Waals surface area contributed by atoms with Crippen LogP contribution in [0.4, 0.5) is 34.1 Å². The van der Waals surface area contributed by atoms with Crippen LogP contribution in [0.2, 0.25) is 0 Å². The molecule has 296 valence electrons. The van der Waals surface area contributed by atoms with E-state index in [9.17, 15) is 60.8 Å². The number of hydrogen-bond acceptors (Lipinski definition) is 20. The molecular weight excluding hydrogens is 807 g/mol. The molecule has 0 saturated carbocycles. The van der Waals surface area contributed by atoms with Crippen molar-refractivity contribution >= 4 is 94.9 Å². The van der Waals surface area contributed by atoms with Crippen molar-refractivity contribution in [1.82, 2.24) is 0 Å². The van der Waals surface area contributed by atoms with Gasteiger partial charge in [0, 0.05) is 24.3 Å². The molecule has 6 rings (SSSR count). The molecule has 0 amide bonds. The first kappa shape index (κ1) is 39.9. The van der Waals surface area contributed by atoms with Crippen molar-refractivity contribution in [2.45, 2.75) is 4.90 Å². The third kappa shape index (κ3) is 8.53. The van der Waals surface area contributed by atoms with E-state index in [1.807, 2.05) is 0 Å². The van der Waals surface area contributed by atoms with Crippen LogP contribution in [0, 0.1) is 0 Å². The van der Waals surface area contributed by atoms with E-state index in [2.05, 4.69) is 41.8 Å². The summed E-state index contributed by atoms with van der Waals surface area (Å²) in [7, 11) is -10.4. The lowest BCUT2D eigenvalue weighted by Crippen LogP contribution is -2.28. The molecule has 0 atom stereocenters. The van der Waals surface area contributed by atoms with Crippen LogP contribution < -0.4 is 22.0 Å². The highest BCUT2D eigenvalue weighted by Gasteiger charge is 2.37. The Balaban J connectivity index is 1.27. The number of hydrogen-bond donors (Lipinski definition) is 10. The summed E-state index contributed by atoms with van der Waals surface area (Å²) in [5.74, 6) is -4.82. The fraction of sp³-hybridized carbons (Fsp3) is 0. The topological polar surface area (TPSA) is 365 Å². The summed E-state index contributed by atoms with van der Waals surface area (Å²) in [6.45, 7) is 0. The molecule has 0 saturated heterocycles. The number of nitrogens with zero attached hydrogens (tertiary/aromatic N) is 5. The van der Waals surface area contributed by atoms with E-state index in [1.54, 1.807) is 0 Å². The minimum Gasteiger partial charge on any atom is -0.505 e. The zero-order valence-electron chi connectivity index (χ0n) is 28.8. The molecule has 0 spiro atoms. The SMILES string of the molecule is Nc1c(N=Nc2ccc(NN=C3C(O)=CC(=O)C=C3O)cc2)c(S(=O)(=O)O)cc2c1C(=O)/C(=N/Nc1ccc(NN=C3C(O)=CC(=O)C=C3O)cc1)C(S(=O)(=O)O)=C2. The Bertz CT molecular complexity index is 2790. The van der Waals surface area contributed by atoms with Crippen molar-refractivity contribution in [1.29, 1.82) is 0 Å². The molecule has 11 N–H and O–H groups in total. The van der Waals surface area contributed by atoms with Gasteiger partial charge in [-0.1, -0.05) is 0 Å². The van der Waals surface area contributed by atoms with Crippen LogP contribution in [-0.2, 0) is 29.8 Å². The average molecular weight is 832 g/mol. The number of aliphatic hydroxyl groups is 4. The predicted octanol–water partition coefficient (Wildman–Crippen LogP) is 4.29. The minimum atomic E-state index is -5.21. The Morgan fingerprint density at radius 1 is 0.552 bits per heavy atom. The molecule has 0 fully saturated rings. The fourth-order valence-electron chi connectivity index (χ4n) is 5.18. The number of allylic oxidation sites excluding steroid dienone is 5. The number of anilines is 4. The minimum absolute atomic E-state index is 0.0702. The molecule has 0 aromatic heterocycles. The number of nitrogens with one attached hydrogen (secondary N) is 3. The number of carbonyl (C=O) groups is 3. The number of nitrogen functional groups attached to an aromatic ring is 1. The molecule has 24 heteroatoms. The van der Waals surface area contributed by atoms with Gasteiger partial charge in [-0.05, 0) is 66.2 Å². The largest absolute Gasteiger partial charge is 0.505 e. The molecule has 0 heterocycles. The summed E-state index contributed by atoms with van der Waals surface area (Å²) < 4.78 is 69.7. The number of nitrogens with two attached hydrogens (primary N) is 1. The lowest BCUT2D eigenvalue weighted by molar-refractivity contribution is -0.111. The van der Waals surface area contributed by atoms with E-state index in [0.717, 1.165) is 24.3 Å². The number of hydrazone groups is 3. The standard InChI is InChI=1S/C34H25N9O13S2/c35-29-28-15(9-26(57(51,52)53)32(29)42-38-18-5-1-16(2-6-18)36-40-30-22(46)11-20(44)12-23(30)47)10-27(58(54,55)56)33(34(28)50)43-39-19-7-3-17(4-8-19)37-41-31-24(48)13-21(45)14-25(31)49/h1-14,36-37,39,46-49H,35H2,(H,51,52,53)(H,54,55,56)/b42-38?,43-33+. The van der Waals surface area contributed by atoms with Gasteiger partial charge < -0.3 is 26.2 Å².